The third-order valence-corrected chi connectivity index (χ3v) is 3.86. The molecule has 134 valence electrons. The average molecular weight is 333 g/mol. The van der Waals surface area contributed by atoms with Crippen molar-refractivity contribution in [2.75, 3.05) is 26.8 Å². The predicted octanol–water partition coefficient (Wildman–Crippen LogP) is 4.47. The molecule has 4 heteroatoms. The zero-order valence-corrected chi connectivity index (χ0v) is 14.3. The van der Waals surface area contributed by atoms with Crippen molar-refractivity contribution in [2.24, 2.45) is 5.92 Å². The lowest BCUT2D eigenvalue weighted by Crippen LogP contribution is -2.20. The normalized spacial score (nSPS) is 13.3. The SMILES string of the molecule is C.CC[C@H](CNC)Cc1ccc2c(c1)OCCO2.Cc1ccco1. The monoisotopic (exact) mass is 333 g/mol. The molecule has 2 heterocycles. The van der Waals surface area contributed by atoms with Gasteiger partial charge in [0.05, 0.1) is 6.26 Å². The fourth-order valence-corrected chi connectivity index (χ4v) is 2.56. The summed E-state index contributed by atoms with van der Waals surface area (Å²) in [4.78, 5) is 0. The van der Waals surface area contributed by atoms with E-state index in [-0.39, 0.29) is 7.43 Å². The Bertz CT molecular complexity index is 566. The van der Waals surface area contributed by atoms with Crippen LogP contribution in [0.1, 0.15) is 32.1 Å². The number of furan rings is 1. The largest absolute Gasteiger partial charge is 0.486 e. The first kappa shape index (κ1) is 20.1. The lowest BCUT2D eigenvalue weighted by molar-refractivity contribution is 0.171. The fourth-order valence-electron chi connectivity index (χ4n) is 2.56. The molecule has 0 aliphatic carbocycles. The molecule has 4 nitrogen and oxygen atoms in total. The smallest absolute Gasteiger partial charge is 0.161 e. The maximum atomic E-state index is 5.60. The van der Waals surface area contributed by atoms with E-state index in [1.165, 1.54) is 12.0 Å². The number of hydrogen-bond donors (Lipinski definition) is 1. The molecule has 0 fully saturated rings. The van der Waals surface area contributed by atoms with Gasteiger partial charge in [-0.1, -0.05) is 26.8 Å². The van der Waals surface area contributed by atoms with Crippen molar-refractivity contribution in [1.29, 1.82) is 0 Å². The standard InChI is InChI=1S/C14H21NO2.C5H6O.CH4/c1-3-11(10-15-2)8-12-4-5-13-14(9-12)17-7-6-16-13;1-5-3-2-4-6-5;/h4-5,9,11,15H,3,6-8,10H2,1-2H3;2-4H,1H3;1H4/t11-;;/m0../s1. The van der Waals surface area contributed by atoms with E-state index >= 15 is 0 Å². The number of benzene rings is 1. The van der Waals surface area contributed by atoms with Gasteiger partial charge in [0, 0.05) is 0 Å². The highest BCUT2D eigenvalue weighted by Crippen LogP contribution is 2.31. The Balaban J connectivity index is 0.000000349. The summed E-state index contributed by atoms with van der Waals surface area (Å²) in [5.74, 6) is 3.42. The van der Waals surface area contributed by atoms with Gasteiger partial charge in [-0.05, 0) is 62.7 Å². The molecule has 1 aliphatic rings. The summed E-state index contributed by atoms with van der Waals surface area (Å²) < 4.78 is 16.0. The molecule has 0 saturated carbocycles. The van der Waals surface area contributed by atoms with Crippen LogP contribution in [0.15, 0.2) is 41.0 Å². The first-order valence-electron chi connectivity index (χ1n) is 8.26. The van der Waals surface area contributed by atoms with Crippen LogP contribution in [-0.2, 0) is 6.42 Å². The van der Waals surface area contributed by atoms with Crippen molar-refractivity contribution in [1.82, 2.24) is 5.32 Å². The molecule has 0 saturated heterocycles. The van der Waals surface area contributed by atoms with Crippen molar-refractivity contribution < 1.29 is 13.9 Å². The lowest BCUT2D eigenvalue weighted by atomic mass is 9.96. The van der Waals surface area contributed by atoms with Crippen LogP contribution >= 0.6 is 0 Å². The lowest BCUT2D eigenvalue weighted by Gasteiger charge is -2.20. The summed E-state index contributed by atoms with van der Waals surface area (Å²) in [7, 11) is 2.01. The quantitative estimate of drug-likeness (QED) is 0.877. The average Bonchev–Trinajstić information content (AvgIpc) is 3.06. The second-order valence-corrected chi connectivity index (χ2v) is 5.74. The van der Waals surface area contributed by atoms with Crippen LogP contribution in [0.5, 0.6) is 11.5 Å². The van der Waals surface area contributed by atoms with E-state index in [2.05, 4.69) is 24.4 Å². The minimum Gasteiger partial charge on any atom is -0.486 e. The molecule has 1 aromatic heterocycles. The highest BCUT2D eigenvalue weighted by atomic mass is 16.6. The van der Waals surface area contributed by atoms with Gasteiger partial charge >= 0.3 is 0 Å². The maximum absolute atomic E-state index is 5.60. The first-order valence-corrected chi connectivity index (χ1v) is 8.26. The third kappa shape index (κ3) is 6.28. The van der Waals surface area contributed by atoms with E-state index in [1.807, 2.05) is 32.2 Å². The van der Waals surface area contributed by atoms with Gasteiger partial charge < -0.3 is 19.2 Å². The molecule has 0 bridgehead atoms. The molecule has 0 radical (unpaired) electrons. The molecule has 1 atom stereocenters. The van der Waals surface area contributed by atoms with E-state index in [1.54, 1.807) is 6.26 Å². The maximum Gasteiger partial charge on any atom is 0.161 e. The first-order chi connectivity index (χ1) is 11.2. The molecule has 0 amide bonds. The fraction of sp³-hybridized carbons (Fsp3) is 0.500. The zero-order valence-electron chi connectivity index (χ0n) is 14.3. The van der Waals surface area contributed by atoms with Crippen molar-refractivity contribution in [3.8, 4) is 11.5 Å². The number of nitrogens with one attached hydrogen (secondary N) is 1. The molecule has 3 rings (SSSR count). The molecule has 1 aliphatic heterocycles. The van der Waals surface area contributed by atoms with Gasteiger partial charge in [-0.15, -0.1) is 0 Å². The van der Waals surface area contributed by atoms with Crippen LogP contribution in [0.4, 0.5) is 0 Å². The minimum atomic E-state index is 0. The van der Waals surface area contributed by atoms with Gasteiger partial charge in [0.1, 0.15) is 19.0 Å². The van der Waals surface area contributed by atoms with Crippen LogP contribution in [0.25, 0.3) is 0 Å². The van der Waals surface area contributed by atoms with Gasteiger partial charge in [-0.3, -0.25) is 0 Å². The van der Waals surface area contributed by atoms with E-state index < -0.39 is 0 Å². The zero-order chi connectivity index (χ0) is 16.5. The number of ether oxygens (including phenoxy) is 2. The molecule has 1 N–H and O–H groups in total. The molecular weight excluding hydrogens is 302 g/mol. The van der Waals surface area contributed by atoms with Crippen LogP contribution in [0.2, 0.25) is 0 Å². The number of fused-ring (bicyclic) bond motifs is 1. The summed E-state index contributed by atoms with van der Waals surface area (Å²) in [5.41, 5.74) is 1.33. The van der Waals surface area contributed by atoms with Crippen molar-refractivity contribution in [3.63, 3.8) is 0 Å². The van der Waals surface area contributed by atoms with E-state index in [0.717, 1.165) is 30.2 Å². The molecule has 0 unspecified atom stereocenters. The Morgan fingerprint density at radius 3 is 2.42 bits per heavy atom. The van der Waals surface area contributed by atoms with Gasteiger partial charge in [0.2, 0.25) is 0 Å². The summed E-state index contributed by atoms with van der Waals surface area (Å²) in [6.07, 6.45) is 3.94. The molecule has 0 spiro atoms. The number of aryl methyl sites for hydroxylation is 1. The number of hydrogen-bond acceptors (Lipinski definition) is 4. The Hall–Kier alpha value is -1.94. The Labute approximate surface area is 146 Å². The van der Waals surface area contributed by atoms with Crippen LogP contribution in [-0.4, -0.2) is 26.8 Å². The van der Waals surface area contributed by atoms with Gasteiger partial charge in [-0.25, -0.2) is 0 Å². The summed E-state index contributed by atoms with van der Waals surface area (Å²) in [6, 6.07) is 10.1. The van der Waals surface area contributed by atoms with Gasteiger partial charge in [0.15, 0.2) is 11.5 Å². The second-order valence-electron chi connectivity index (χ2n) is 5.74. The predicted molar refractivity (Wildman–Crippen MR) is 99.0 cm³/mol. The van der Waals surface area contributed by atoms with Crippen LogP contribution in [0.3, 0.4) is 0 Å². The third-order valence-electron chi connectivity index (χ3n) is 3.86. The van der Waals surface area contributed by atoms with Gasteiger partial charge in [0.25, 0.3) is 0 Å². The minimum absolute atomic E-state index is 0. The summed E-state index contributed by atoms with van der Waals surface area (Å²) in [6.45, 7) is 6.53. The van der Waals surface area contributed by atoms with Crippen LogP contribution in [0, 0.1) is 12.8 Å². The Kier molecular flexibility index (Phi) is 9.02. The summed E-state index contributed by atoms with van der Waals surface area (Å²) in [5, 5.41) is 3.25. The van der Waals surface area contributed by atoms with E-state index in [4.69, 9.17) is 13.9 Å². The van der Waals surface area contributed by atoms with Gasteiger partial charge in [-0.2, -0.15) is 0 Å². The molecule has 1 aromatic carbocycles. The highest BCUT2D eigenvalue weighted by molar-refractivity contribution is 5.43. The van der Waals surface area contributed by atoms with Crippen molar-refractivity contribution in [3.05, 3.63) is 47.9 Å². The Morgan fingerprint density at radius 1 is 1.12 bits per heavy atom. The van der Waals surface area contributed by atoms with Crippen molar-refractivity contribution >= 4 is 0 Å². The van der Waals surface area contributed by atoms with E-state index in [9.17, 15) is 0 Å². The van der Waals surface area contributed by atoms with Crippen LogP contribution < -0.4 is 14.8 Å². The topological polar surface area (TPSA) is 43.6 Å². The summed E-state index contributed by atoms with van der Waals surface area (Å²) >= 11 is 0. The molecular formula is C20H31NO3. The van der Waals surface area contributed by atoms with Crippen molar-refractivity contribution in [2.45, 2.75) is 34.1 Å². The highest BCUT2D eigenvalue weighted by Gasteiger charge is 2.13. The molecule has 24 heavy (non-hydrogen) atoms. The number of rotatable bonds is 5. The van der Waals surface area contributed by atoms with E-state index in [0.29, 0.717) is 19.1 Å². The Morgan fingerprint density at radius 2 is 1.88 bits per heavy atom. The molecule has 2 aromatic rings. The second kappa shape index (κ2) is 10.8.